The maximum absolute atomic E-state index is 13.5. The standard InChI is InChI=1S/C28H25N3O4S/c1-18-23(19(2)35-30-18)17-36-27-22(10-7-15-29-27)28(33)34-16-26(32)31-24-11-5-3-8-20(24)13-14-21-9-4-6-12-25(21)31/h3-12,15H,13-14,16-17H2,1-2H3. The van der Waals surface area contributed by atoms with Crippen LogP contribution in [0.2, 0.25) is 0 Å². The van der Waals surface area contributed by atoms with E-state index >= 15 is 0 Å². The molecule has 8 heteroatoms. The molecule has 0 spiro atoms. The Morgan fingerprint density at radius 1 is 0.972 bits per heavy atom. The van der Waals surface area contributed by atoms with Crippen molar-refractivity contribution in [1.29, 1.82) is 0 Å². The van der Waals surface area contributed by atoms with E-state index < -0.39 is 5.97 Å². The van der Waals surface area contributed by atoms with Gasteiger partial charge in [0.15, 0.2) is 6.61 Å². The zero-order valence-electron chi connectivity index (χ0n) is 20.1. The number of hydrogen-bond donors (Lipinski definition) is 0. The van der Waals surface area contributed by atoms with E-state index in [1.807, 2.05) is 62.4 Å². The van der Waals surface area contributed by atoms with Gasteiger partial charge in [-0.25, -0.2) is 9.78 Å². The Bertz CT molecular complexity index is 1360. The van der Waals surface area contributed by atoms with E-state index in [0.29, 0.717) is 16.3 Å². The van der Waals surface area contributed by atoms with Gasteiger partial charge in [0.2, 0.25) is 0 Å². The highest BCUT2D eigenvalue weighted by Crippen LogP contribution is 2.36. The van der Waals surface area contributed by atoms with Gasteiger partial charge in [-0.2, -0.15) is 0 Å². The highest BCUT2D eigenvalue weighted by atomic mass is 32.2. The summed E-state index contributed by atoms with van der Waals surface area (Å²) in [7, 11) is 0. The maximum atomic E-state index is 13.5. The van der Waals surface area contributed by atoms with Crippen LogP contribution in [0.3, 0.4) is 0 Å². The van der Waals surface area contributed by atoms with Gasteiger partial charge in [-0.3, -0.25) is 9.69 Å². The van der Waals surface area contributed by atoms with E-state index in [2.05, 4.69) is 10.1 Å². The molecule has 0 bridgehead atoms. The predicted octanol–water partition coefficient (Wildman–Crippen LogP) is 5.60. The lowest BCUT2D eigenvalue weighted by molar-refractivity contribution is -0.121. The van der Waals surface area contributed by atoms with Crippen molar-refractivity contribution in [3.05, 3.63) is 101 Å². The van der Waals surface area contributed by atoms with Gasteiger partial charge >= 0.3 is 5.97 Å². The Hall–Kier alpha value is -3.91. The first-order valence-corrected chi connectivity index (χ1v) is 12.7. The van der Waals surface area contributed by atoms with Gasteiger partial charge in [-0.1, -0.05) is 41.6 Å². The Morgan fingerprint density at radius 3 is 2.28 bits per heavy atom. The lowest BCUT2D eigenvalue weighted by atomic mass is 10.0. The second-order valence-corrected chi connectivity index (χ2v) is 9.47. The molecule has 0 atom stereocenters. The van der Waals surface area contributed by atoms with E-state index in [1.54, 1.807) is 23.2 Å². The number of aryl methyl sites for hydroxylation is 4. The van der Waals surface area contributed by atoms with Gasteiger partial charge in [0.25, 0.3) is 5.91 Å². The van der Waals surface area contributed by atoms with Crippen molar-refractivity contribution in [1.82, 2.24) is 10.1 Å². The summed E-state index contributed by atoms with van der Waals surface area (Å²) < 4.78 is 10.8. The fourth-order valence-corrected chi connectivity index (χ4v) is 5.46. The van der Waals surface area contributed by atoms with Crippen LogP contribution in [-0.2, 0) is 28.1 Å². The number of carbonyl (C=O) groups excluding carboxylic acids is 2. The number of amides is 1. The Kier molecular flexibility index (Phi) is 6.86. The molecule has 0 aliphatic carbocycles. The first-order chi connectivity index (χ1) is 17.5. The number of carbonyl (C=O) groups is 2. The monoisotopic (exact) mass is 499 g/mol. The first-order valence-electron chi connectivity index (χ1n) is 11.7. The van der Waals surface area contributed by atoms with Crippen LogP contribution in [0.25, 0.3) is 0 Å². The molecule has 2 aromatic carbocycles. The van der Waals surface area contributed by atoms with Crippen molar-refractivity contribution in [2.24, 2.45) is 0 Å². The average Bonchev–Trinajstić information content (AvgIpc) is 3.12. The third-order valence-corrected chi connectivity index (χ3v) is 7.26. The van der Waals surface area contributed by atoms with Gasteiger partial charge in [-0.15, -0.1) is 11.8 Å². The number of aromatic nitrogens is 2. The van der Waals surface area contributed by atoms with Crippen LogP contribution < -0.4 is 4.90 Å². The summed E-state index contributed by atoms with van der Waals surface area (Å²) in [6.45, 7) is 3.35. The van der Waals surface area contributed by atoms with Crippen LogP contribution in [0.1, 0.15) is 38.5 Å². The van der Waals surface area contributed by atoms with Crippen LogP contribution in [-0.4, -0.2) is 28.6 Å². The molecule has 0 unspecified atom stereocenters. The molecule has 0 N–H and O–H groups in total. The SMILES string of the molecule is Cc1noc(C)c1CSc1ncccc1C(=O)OCC(=O)N1c2ccccc2CCc2ccccc21. The minimum Gasteiger partial charge on any atom is -0.452 e. The third-order valence-electron chi connectivity index (χ3n) is 6.23. The smallest absolute Gasteiger partial charge is 0.341 e. The predicted molar refractivity (Wildman–Crippen MR) is 137 cm³/mol. The maximum Gasteiger partial charge on any atom is 0.341 e. The zero-order valence-corrected chi connectivity index (χ0v) is 20.9. The van der Waals surface area contributed by atoms with Crippen molar-refractivity contribution in [3.8, 4) is 0 Å². The minimum atomic E-state index is -0.589. The second kappa shape index (κ2) is 10.4. The van der Waals surface area contributed by atoms with Crippen molar-refractivity contribution >= 4 is 35.0 Å². The lowest BCUT2D eigenvalue weighted by Gasteiger charge is -2.24. The molecule has 5 rings (SSSR count). The molecule has 2 aromatic heterocycles. The largest absolute Gasteiger partial charge is 0.452 e. The van der Waals surface area contributed by atoms with E-state index in [1.165, 1.54) is 11.8 Å². The average molecular weight is 500 g/mol. The molecular weight excluding hydrogens is 474 g/mol. The number of benzene rings is 2. The summed E-state index contributed by atoms with van der Waals surface area (Å²) in [4.78, 5) is 32.5. The first kappa shape index (κ1) is 23.8. The molecule has 0 fully saturated rings. The molecule has 1 aliphatic heterocycles. The molecule has 0 saturated carbocycles. The van der Waals surface area contributed by atoms with Crippen LogP contribution in [0.5, 0.6) is 0 Å². The molecule has 3 heterocycles. The number of nitrogens with zero attached hydrogens (tertiary/aromatic N) is 3. The summed E-state index contributed by atoms with van der Waals surface area (Å²) in [5.74, 6) is 0.399. The Labute approximate surface area is 213 Å². The second-order valence-electron chi connectivity index (χ2n) is 8.51. The molecule has 0 saturated heterocycles. The van der Waals surface area contributed by atoms with E-state index in [-0.39, 0.29) is 12.5 Å². The lowest BCUT2D eigenvalue weighted by Crippen LogP contribution is -2.31. The molecule has 4 aromatic rings. The number of fused-ring (bicyclic) bond motifs is 2. The molecule has 0 radical (unpaired) electrons. The molecular formula is C28H25N3O4S. The molecule has 36 heavy (non-hydrogen) atoms. The van der Waals surface area contributed by atoms with Crippen LogP contribution in [0.4, 0.5) is 11.4 Å². The minimum absolute atomic E-state index is 0.307. The van der Waals surface area contributed by atoms with Crippen molar-refractivity contribution in [2.75, 3.05) is 11.5 Å². The molecule has 1 amide bonds. The van der Waals surface area contributed by atoms with Gasteiger partial charge in [0.05, 0.1) is 22.6 Å². The number of hydrogen-bond acceptors (Lipinski definition) is 7. The highest BCUT2D eigenvalue weighted by Gasteiger charge is 2.27. The van der Waals surface area contributed by atoms with Crippen molar-refractivity contribution in [3.63, 3.8) is 0 Å². The summed E-state index contributed by atoms with van der Waals surface area (Å²) in [5, 5.41) is 4.50. The summed E-state index contributed by atoms with van der Waals surface area (Å²) in [6, 6.07) is 19.0. The third kappa shape index (κ3) is 4.77. The fraction of sp³-hybridized carbons (Fsp3) is 0.214. The molecule has 7 nitrogen and oxygen atoms in total. The zero-order chi connectivity index (χ0) is 25.1. The van der Waals surface area contributed by atoms with Gasteiger partial charge in [0, 0.05) is 17.5 Å². The number of para-hydroxylation sites is 2. The number of anilines is 2. The van der Waals surface area contributed by atoms with Gasteiger partial charge < -0.3 is 9.26 Å². The highest BCUT2D eigenvalue weighted by molar-refractivity contribution is 7.98. The number of thioether (sulfide) groups is 1. The normalized spacial score (nSPS) is 12.4. The van der Waals surface area contributed by atoms with Crippen molar-refractivity contribution < 1.29 is 18.8 Å². The number of esters is 1. The van der Waals surface area contributed by atoms with Gasteiger partial charge in [-0.05, 0) is 62.1 Å². The topological polar surface area (TPSA) is 85.5 Å². The fourth-order valence-electron chi connectivity index (χ4n) is 4.33. The van der Waals surface area contributed by atoms with Gasteiger partial charge in [0.1, 0.15) is 10.8 Å². The van der Waals surface area contributed by atoms with E-state index in [0.717, 1.165) is 52.4 Å². The summed E-state index contributed by atoms with van der Waals surface area (Å²) in [5.41, 5.74) is 5.90. The van der Waals surface area contributed by atoms with E-state index in [9.17, 15) is 9.59 Å². The van der Waals surface area contributed by atoms with Crippen molar-refractivity contribution in [2.45, 2.75) is 37.5 Å². The summed E-state index contributed by atoms with van der Waals surface area (Å²) >= 11 is 1.40. The Morgan fingerprint density at radius 2 is 1.64 bits per heavy atom. The molecule has 182 valence electrons. The number of ether oxygens (including phenoxy) is 1. The number of pyridine rings is 1. The quantitative estimate of drug-likeness (QED) is 0.252. The van der Waals surface area contributed by atoms with Crippen LogP contribution in [0.15, 0.2) is 76.4 Å². The van der Waals surface area contributed by atoms with E-state index in [4.69, 9.17) is 9.26 Å². The van der Waals surface area contributed by atoms with Crippen LogP contribution in [0, 0.1) is 13.8 Å². The summed E-state index contributed by atoms with van der Waals surface area (Å²) in [6.07, 6.45) is 3.29. The Balaban J connectivity index is 1.34. The number of rotatable bonds is 6. The van der Waals surface area contributed by atoms with Crippen LogP contribution >= 0.6 is 11.8 Å². The molecule has 1 aliphatic rings.